The number of amides is 1. The Balaban J connectivity index is 1.97. The van der Waals surface area contributed by atoms with Gasteiger partial charge in [-0.05, 0) is 20.3 Å². The average molecular weight is 365 g/mol. The molecule has 1 saturated heterocycles. The molecule has 1 amide bonds. The lowest BCUT2D eigenvalue weighted by Gasteiger charge is -2.36. The number of guanidine groups is 1. The van der Waals surface area contributed by atoms with E-state index in [0.717, 1.165) is 70.0 Å². The van der Waals surface area contributed by atoms with E-state index in [4.69, 9.17) is 9.73 Å². The maximum Gasteiger partial charge on any atom is 0.219 e. The molecule has 0 saturated carbocycles. The molecule has 0 radical (unpaired) electrons. The third-order valence-corrected chi connectivity index (χ3v) is 4.53. The molecule has 0 spiro atoms. The summed E-state index contributed by atoms with van der Waals surface area (Å²) >= 11 is 0. The Hall–Kier alpha value is -2.16. The second kappa shape index (κ2) is 10.1. The summed E-state index contributed by atoms with van der Waals surface area (Å²) in [7, 11) is 1.95. The first-order chi connectivity index (χ1) is 12.5. The number of carbonyl (C=O) groups excluding carboxylic acids is 1. The number of hydrogen-bond acceptors (Lipinski definition) is 5. The molecule has 0 aliphatic carbocycles. The maximum atomic E-state index is 11.5. The minimum Gasteiger partial charge on any atom is -0.382 e. The van der Waals surface area contributed by atoms with E-state index in [9.17, 15) is 4.79 Å². The zero-order valence-electron chi connectivity index (χ0n) is 16.4. The van der Waals surface area contributed by atoms with E-state index in [0.29, 0.717) is 6.54 Å². The Bertz CT molecular complexity index is 606. The number of rotatable bonds is 7. The number of ether oxygens (including phenoxy) is 1. The molecule has 1 N–H and O–H groups in total. The number of aliphatic imine (C=N–C) groups is 1. The zero-order chi connectivity index (χ0) is 18.9. The topological polar surface area (TPSA) is 87.9 Å². The van der Waals surface area contributed by atoms with Crippen LogP contribution in [0, 0.1) is 6.92 Å². The fourth-order valence-corrected chi connectivity index (χ4v) is 2.75. The lowest BCUT2D eigenvalue weighted by Crippen LogP contribution is -2.53. The van der Waals surface area contributed by atoms with Crippen LogP contribution in [0.2, 0.25) is 0 Å². The molecule has 1 fully saturated rings. The molecule has 0 atom stereocenters. The molecule has 9 heteroatoms. The highest BCUT2D eigenvalue weighted by molar-refractivity contribution is 5.80. The monoisotopic (exact) mass is 365 g/mol. The van der Waals surface area contributed by atoms with Gasteiger partial charge in [-0.1, -0.05) is 0 Å². The van der Waals surface area contributed by atoms with Crippen LogP contribution in [0.3, 0.4) is 0 Å². The smallest absolute Gasteiger partial charge is 0.219 e. The average Bonchev–Trinajstić information content (AvgIpc) is 2.96. The van der Waals surface area contributed by atoms with Crippen LogP contribution < -0.4 is 5.32 Å². The van der Waals surface area contributed by atoms with Crippen LogP contribution in [0.25, 0.3) is 0 Å². The molecule has 0 aromatic carbocycles. The van der Waals surface area contributed by atoms with Crippen LogP contribution in [-0.4, -0.2) is 82.4 Å². The number of nitrogens with one attached hydrogen (secondary N) is 1. The number of aromatic nitrogens is 3. The van der Waals surface area contributed by atoms with E-state index < -0.39 is 0 Å². The normalized spacial score (nSPS) is 15.5. The lowest BCUT2D eigenvalue weighted by molar-refractivity contribution is -0.130. The van der Waals surface area contributed by atoms with Gasteiger partial charge in [-0.15, -0.1) is 10.2 Å². The second-order valence-electron chi connectivity index (χ2n) is 6.33. The van der Waals surface area contributed by atoms with Crippen molar-refractivity contribution in [2.24, 2.45) is 12.0 Å². The van der Waals surface area contributed by atoms with Gasteiger partial charge in [0.1, 0.15) is 12.4 Å². The predicted octanol–water partition coefficient (Wildman–Crippen LogP) is 0.160. The number of aryl methyl sites for hydroxylation is 1. The van der Waals surface area contributed by atoms with Crippen LogP contribution in [0.5, 0.6) is 0 Å². The van der Waals surface area contributed by atoms with Gasteiger partial charge >= 0.3 is 0 Å². The second-order valence-corrected chi connectivity index (χ2v) is 6.33. The molecule has 9 nitrogen and oxygen atoms in total. The van der Waals surface area contributed by atoms with E-state index in [-0.39, 0.29) is 5.91 Å². The molecule has 1 aliphatic heterocycles. The molecule has 1 aromatic rings. The first-order valence-electron chi connectivity index (χ1n) is 9.24. The van der Waals surface area contributed by atoms with Crippen LogP contribution in [0.4, 0.5) is 0 Å². The minimum absolute atomic E-state index is 0.127. The molecule has 0 bridgehead atoms. The molecular weight excluding hydrogens is 334 g/mol. The van der Waals surface area contributed by atoms with Crippen molar-refractivity contribution < 1.29 is 9.53 Å². The summed E-state index contributed by atoms with van der Waals surface area (Å²) in [6.07, 6.45) is 0.920. The summed E-state index contributed by atoms with van der Waals surface area (Å²) < 4.78 is 7.34. The summed E-state index contributed by atoms with van der Waals surface area (Å²) in [5.41, 5.74) is 0. The van der Waals surface area contributed by atoms with Crippen LogP contribution in [0.15, 0.2) is 4.99 Å². The van der Waals surface area contributed by atoms with Crippen LogP contribution >= 0.6 is 0 Å². The first kappa shape index (κ1) is 20.2. The Morgan fingerprint density at radius 1 is 1.23 bits per heavy atom. The minimum atomic E-state index is 0.127. The van der Waals surface area contributed by atoms with Crippen LogP contribution in [0.1, 0.15) is 31.9 Å². The van der Waals surface area contributed by atoms with E-state index >= 15 is 0 Å². The standard InChI is InChI=1S/C17H31N7O2/c1-5-26-12-6-7-18-17(19-13-16-21-20-14(2)22(16)4)24-10-8-23(9-11-24)15(3)25/h5-13H2,1-4H3,(H,18,19). The molecule has 0 unspecified atom stereocenters. The number of nitrogens with zero attached hydrogens (tertiary/aromatic N) is 6. The van der Waals surface area contributed by atoms with Crippen molar-refractivity contribution in [3.8, 4) is 0 Å². The van der Waals surface area contributed by atoms with Gasteiger partial charge in [-0.3, -0.25) is 4.79 Å². The molecular formula is C17H31N7O2. The molecule has 26 heavy (non-hydrogen) atoms. The summed E-state index contributed by atoms with van der Waals surface area (Å²) in [4.78, 5) is 20.3. The van der Waals surface area contributed by atoms with E-state index in [2.05, 4.69) is 20.4 Å². The Kier molecular flexibility index (Phi) is 7.83. The fourth-order valence-electron chi connectivity index (χ4n) is 2.75. The fraction of sp³-hybridized carbons (Fsp3) is 0.765. The molecule has 2 rings (SSSR count). The van der Waals surface area contributed by atoms with Crippen molar-refractivity contribution in [2.75, 3.05) is 45.9 Å². The van der Waals surface area contributed by atoms with Crippen molar-refractivity contribution in [2.45, 2.75) is 33.7 Å². The highest BCUT2D eigenvalue weighted by atomic mass is 16.5. The van der Waals surface area contributed by atoms with Gasteiger partial charge in [0.2, 0.25) is 5.91 Å². The van der Waals surface area contributed by atoms with Gasteiger partial charge in [0, 0.05) is 59.9 Å². The van der Waals surface area contributed by atoms with Gasteiger partial charge in [-0.2, -0.15) is 0 Å². The van der Waals surface area contributed by atoms with Crippen molar-refractivity contribution in [3.63, 3.8) is 0 Å². The van der Waals surface area contributed by atoms with Gasteiger partial charge < -0.3 is 24.4 Å². The number of piperazine rings is 1. The van der Waals surface area contributed by atoms with Gasteiger partial charge in [0.15, 0.2) is 11.8 Å². The van der Waals surface area contributed by atoms with Crippen molar-refractivity contribution in [1.29, 1.82) is 0 Å². The summed E-state index contributed by atoms with van der Waals surface area (Å²) in [5, 5.41) is 11.7. The van der Waals surface area contributed by atoms with Crippen molar-refractivity contribution >= 4 is 11.9 Å². The van der Waals surface area contributed by atoms with E-state index in [1.807, 2.05) is 30.4 Å². The summed E-state index contributed by atoms with van der Waals surface area (Å²) in [6.45, 7) is 11.3. The van der Waals surface area contributed by atoms with Crippen LogP contribution in [-0.2, 0) is 23.1 Å². The van der Waals surface area contributed by atoms with E-state index in [1.165, 1.54) is 0 Å². The molecule has 146 valence electrons. The third kappa shape index (κ3) is 5.69. The zero-order valence-corrected chi connectivity index (χ0v) is 16.4. The Morgan fingerprint density at radius 2 is 1.92 bits per heavy atom. The first-order valence-corrected chi connectivity index (χ1v) is 9.24. The number of carbonyl (C=O) groups is 1. The summed E-state index contributed by atoms with van der Waals surface area (Å²) in [6, 6.07) is 0. The molecule has 2 heterocycles. The van der Waals surface area contributed by atoms with Gasteiger partial charge in [0.25, 0.3) is 0 Å². The quantitative estimate of drug-likeness (QED) is 0.421. The van der Waals surface area contributed by atoms with Gasteiger partial charge in [0.05, 0.1) is 0 Å². The number of hydrogen-bond donors (Lipinski definition) is 1. The molecule has 1 aliphatic rings. The lowest BCUT2D eigenvalue weighted by atomic mass is 10.3. The highest BCUT2D eigenvalue weighted by Gasteiger charge is 2.21. The molecule has 1 aromatic heterocycles. The highest BCUT2D eigenvalue weighted by Crippen LogP contribution is 2.05. The predicted molar refractivity (Wildman–Crippen MR) is 99.8 cm³/mol. The Morgan fingerprint density at radius 3 is 2.50 bits per heavy atom. The largest absolute Gasteiger partial charge is 0.382 e. The third-order valence-electron chi connectivity index (χ3n) is 4.53. The van der Waals surface area contributed by atoms with Crippen molar-refractivity contribution in [3.05, 3.63) is 11.6 Å². The maximum absolute atomic E-state index is 11.5. The van der Waals surface area contributed by atoms with Gasteiger partial charge in [-0.25, -0.2) is 4.99 Å². The van der Waals surface area contributed by atoms with E-state index in [1.54, 1.807) is 6.92 Å². The Labute approximate surface area is 155 Å². The summed E-state index contributed by atoms with van der Waals surface area (Å²) in [5.74, 6) is 2.68. The SMILES string of the molecule is CCOCCCNC(=NCc1nnc(C)n1C)N1CCN(C(C)=O)CC1. The van der Waals surface area contributed by atoms with Crippen molar-refractivity contribution in [1.82, 2.24) is 29.9 Å².